The predicted molar refractivity (Wildman–Crippen MR) is 68.0 cm³/mol. The highest BCUT2D eigenvalue weighted by Crippen LogP contribution is 2.26. The summed E-state index contributed by atoms with van der Waals surface area (Å²) < 4.78 is 0. The van der Waals surface area contributed by atoms with Gasteiger partial charge in [0.05, 0.1) is 15.7 Å². The Bertz CT molecular complexity index is 477. The molecule has 0 aliphatic carbocycles. The largest absolute Gasteiger partial charge is 0.255 e. The molecular formula is C11H7Cl2NS. The van der Waals surface area contributed by atoms with E-state index in [2.05, 4.69) is 4.99 Å². The van der Waals surface area contributed by atoms with Gasteiger partial charge in [-0.15, -0.1) is 11.3 Å². The Balaban J connectivity index is 2.21. The summed E-state index contributed by atoms with van der Waals surface area (Å²) in [6.45, 7) is 0. The third-order valence-electron chi connectivity index (χ3n) is 1.79. The van der Waals surface area contributed by atoms with Gasteiger partial charge in [-0.25, -0.2) is 0 Å². The van der Waals surface area contributed by atoms with E-state index in [9.17, 15) is 0 Å². The van der Waals surface area contributed by atoms with Gasteiger partial charge in [0.1, 0.15) is 0 Å². The molecule has 0 amide bonds. The van der Waals surface area contributed by atoms with Crippen molar-refractivity contribution in [2.24, 2.45) is 4.99 Å². The number of hydrogen-bond donors (Lipinski definition) is 0. The molecule has 0 aliphatic rings. The van der Waals surface area contributed by atoms with Crippen molar-refractivity contribution in [3.05, 3.63) is 50.6 Å². The Morgan fingerprint density at radius 3 is 2.67 bits per heavy atom. The zero-order valence-electron chi connectivity index (χ0n) is 7.65. The van der Waals surface area contributed by atoms with Crippen LogP contribution in [0, 0.1) is 0 Å². The molecule has 0 saturated carbocycles. The van der Waals surface area contributed by atoms with Crippen LogP contribution in [0.3, 0.4) is 0 Å². The monoisotopic (exact) mass is 255 g/mol. The minimum atomic E-state index is 0.525. The average Bonchev–Trinajstić information content (AvgIpc) is 2.73. The van der Waals surface area contributed by atoms with E-state index in [0.29, 0.717) is 10.0 Å². The van der Waals surface area contributed by atoms with Crippen LogP contribution in [0.15, 0.2) is 40.7 Å². The average molecular weight is 256 g/mol. The van der Waals surface area contributed by atoms with Crippen LogP contribution in [-0.4, -0.2) is 6.21 Å². The summed E-state index contributed by atoms with van der Waals surface area (Å²) in [5.41, 5.74) is 0.804. The van der Waals surface area contributed by atoms with E-state index < -0.39 is 0 Å². The highest BCUT2D eigenvalue weighted by molar-refractivity contribution is 7.11. The third-order valence-corrected chi connectivity index (χ3v) is 3.33. The zero-order chi connectivity index (χ0) is 10.7. The second-order valence-corrected chi connectivity index (χ2v) is 4.67. The van der Waals surface area contributed by atoms with Gasteiger partial charge in [0.2, 0.25) is 0 Å². The minimum Gasteiger partial charge on any atom is -0.255 e. The lowest BCUT2D eigenvalue weighted by Gasteiger charge is -1.96. The summed E-state index contributed by atoms with van der Waals surface area (Å²) in [5.74, 6) is 0. The van der Waals surface area contributed by atoms with E-state index >= 15 is 0 Å². The van der Waals surface area contributed by atoms with Gasteiger partial charge in [-0.3, -0.25) is 4.99 Å². The molecule has 2 rings (SSSR count). The van der Waals surface area contributed by atoms with Gasteiger partial charge in [-0.05, 0) is 29.6 Å². The topological polar surface area (TPSA) is 12.4 Å². The van der Waals surface area contributed by atoms with E-state index in [1.54, 1.807) is 23.5 Å². The Kier molecular flexibility index (Phi) is 3.41. The molecule has 76 valence electrons. The molecule has 1 heterocycles. The lowest BCUT2D eigenvalue weighted by atomic mass is 10.3. The second kappa shape index (κ2) is 4.79. The molecule has 1 aromatic carbocycles. The number of hydrogen-bond acceptors (Lipinski definition) is 2. The molecular weight excluding hydrogens is 249 g/mol. The van der Waals surface area contributed by atoms with Gasteiger partial charge in [-0.2, -0.15) is 0 Å². The minimum absolute atomic E-state index is 0.525. The molecule has 15 heavy (non-hydrogen) atoms. The first-order valence-corrected chi connectivity index (χ1v) is 5.92. The van der Waals surface area contributed by atoms with Crippen molar-refractivity contribution in [2.75, 3.05) is 0 Å². The third kappa shape index (κ3) is 2.81. The number of nitrogens with zero attached hydrogens (tertiary/aromatic N) is 1. The van der Waals surface area contributed by atoms with Crippen molar-refractivity contribution in [3.8, 4) is 0 Å². The Morgan fingerprint density at radius 1 is 1.13 bits per heavy atom. The maximum Gasteiger partial charge on any atom is 0.0646 e. The van der Waals surface area contributed by atoms with Crippen molar-refractivity contribution in [3.63, 3.8) is 0 Å². The van der Waals surface area contributed by atoms with Crippen LogP contribution < -0.4 is 0 Å². The molecule has 2 aromatic rings. The maximum atomic E-state index is 5.87. The highest BCUT2D eigenvalue weighted by atomic mass is 35.5. The van der Waals surface area contributed by atoms with Crippen LogP contribution >= 0.6 is 34.5 Å². The van der Waals surface area contributed by atoms with Crippen LogP contribution in [0.25, 0.3) is 0 Å². The summed E-state index contributed by atoms with van der Waals surface area (Å²) in [6.07, 6.45) is 1.81. The smallest absolute Gasteiger partial charge is 0.0646 e. The standard InChI is InChI=1S/C11H7Cl2NS/c12-10-4-3-8(6-11(10)13)14-7-9-2-1-5-15-9/h1-7H. The van der Waals surface area contributed by atoms with Crippen LogP contribution in [0.2, 0.25) is 10.0 Å². The molecule has 0 saturated heterocycles. The Labute approximate surface area is 102 Å². The number of halogens is 2. The fourth-order valence-electron chi connectivity index (χ4n) is 1.07. The fourth-order valence-corrected chi connectivity index (χ4v) is 1.95. The normalized spacial score (nSPS) is 11.1. The first-order chi connectivity index (χ1) is 7.25. The Morgan fingerprint density at radius 2 is 2.00 bits per heavy atom. The number of aliphatic imine (C=N–C) groups is 1. The molecule has 0 spiro atoms. The molecule has 1 nitrogen and oxygen atoms in total. The maximum absolute atomic E-state index is 5.87. The van der Waals surface area contributed by atoms with E-state index in [1.807, 2.05) is 29.8 Å². The Hall–Kier alpha value is -0.830. The molecule has 0 atom stereocenters. The molecule has 1 aromatic heterocycles. The summed E-state index contributed by atoms with van der Waals surface area (Å²) >= 11 is 13.3. The lowest BCUT2D eigenvalue weighted by molar-refractivity contribution is 1.54. The van der Waals surface area contributed by atoms with Gasteiger partial charge in [0.25, 0.3) is 0 Å². The summed E-state index contributed by atoms with van der Waals surface area (Å²) in [4.78, 5) is 5.41. The number of rotatable bonds is 2. The van der Waals surface area contributed by atoms with Crippen molar-refractivity contribution in [2.45, 2.75) is 0 Å². The molecule has 0 radical (unpaired) electrons. The van der Waals surface area contributed by atoms with E-state index in [1.165, 1.54) is 0 Å². The van der Waals surface area contributed by atoms with Crippen molar-refractivity contribution < 1.29 is 0 Å². The van der Waals surface area contributed by atoms with Crippen LogP contribution in [0.5, 0.6) is 0 Å². The van der Waals surface area contributed by atoms with Gasteiger partial charge >= 0.3 is 0 Å². The zero-order valence-corrected chi connectivity index (χ0v) is 9.98. The molecule has 0 unspecified atom stereocenters. The van der Waals surface area contributed by atoms with E-state index in [4.69, 9.17) is 23.2 Å². The van der Waals surface area contributed by atoms with Gasteiger partial charge in [0, 0.05) is 11.1 Å². The highest BCUT2D eigenvalue weighted by Gasteiger charge is 1.97. The van der Waals surface area contributed by atoms with Crippen molar-refractivity contribution in [1.29, 1.82) is 0 Å². The molecule has 0 N–H and O–H groups in total. The molecule has 0 bridgehead atoms. The van der Waals surface area contributed by atoms with Gasteiger partial charge < -0.3 is 0 Å². The van der Waals surface area contributed by atoms with E-state index in [-0.39, 0.29) is 0 Å². The SMILES string of the molecule is Clc1ccc(N=Cc2cccs2)cc1Cl. The quantitative estimate of drug-likeness (QED) is 0.684. The lowest BCUT2D eigenvalue weighted by Crippen LogP contribution is -1.73. The number of benzene rings is 1. The van der Waals surface area contributed by atoms with Crippen LogP contribution in [0.4, 0.5) is 5.69 Å². The summed E-state index contributed by atoms with van der Waals surface area (Å²) in [7, 11) is 0. The molecule has 4 heteroatoms. The van der Waals surface area contributed by atoms with Gasteiger partial charge in [-0.1, -0.05) is 29.3 Å². The summed E-state index contributed by atoms with van der Waals surface area (Å²) in [6, 6.07) is 9.31. The molecule has 0 fully saturated rings. The fraction of sp³-hybridized carbons (Fsp3) is 0. The second-order valence-electron chi connectivity index (χ2n) is 2.87. The predicted octanol–water partition coefficient (Wildman–Crippen LogP) is 4.81. The molecule has 0 aliphatic heterocycles. The van der Waals surface area contributed by atoms with E-state index in [0.717, 1.165) is 10.6 Å². The first-order valence-electron chi connectivity index (χ1n) is 4.28. The first kappa shape index (κ1) is 10.7. The van der Waals surface area contributed by atoms with Crippen molar-refractivity contribution >= 4 is 46.4 Å². The number of thiophene rings is 1. The van der Waals surface area contributed by atoms with Crippen molar-refractivity contribution in [1.82, 2.24) is 0 Å². The van der Waals surface area contributed by atoms with Gasteiger partial charge in [0.15, 0.2) is 0 Å². The van der Waals surface area contributed by atoms with Crippen LogP contribution in [-0.2, 0) is 0 Å². The van der Waals surface area contributed by atoms with Crippen LogP contribution in [0.1, 0.15) is 4.88 Å². The summed E-state index contributed by atoms with van der Waals surface area (Å²) in [5, 5.41) is 3.08.